The third-order valence-electron chi connectivity index (χ3n) is 2.44. The highest BCUT2D eigenvalue weighted by Crippen LogP contribution is 2.27. The summed E-state index contributed by atoms with van der Waals surface area (Å²) in [4.78, 5) is 0. The van der Waals surface area contributed by atoms with Gasteiger partial charge in [0.05, 0.1) is 5.02 Å². The molecule has 108 valence electrons. The van der Waals surface area contributed by atoms with Gasteiger partial charge in [0, 0.05) is 23.4 Å². The van der Waals surface area contributed by atoms with Gasteiger partial charge in [-0.2, -0.15) is 11.8 Å². The van der Waals surface area contributed by atoms with Crippen LogP contribution in [0.3, 0.4) is 0 Å². The Balaban J connectivity index is 2.31. The van der Waals surface area contributed by atoms with Gasteiger partial charge in [0.1, 0.15) is 18.5 Å². The van der Waals surface area contributed by atoms with Crippen molar-refractivity contribution in [3.63, 3.8) is 0 Å². The minimum absolute atomic E-state index is 0.195. The van der Waals surface area contributed by atoms with Crippen LogP contribution in [0.15, 0.2) is 18.2 Å². The topological polar surface area (TPSA) is 41.5 Å². The minimum atomic E-state index is -0.573. The zero-order valence-corrected chi connectivity index (χ0v) is 13.4. The first-order chi connectivity index (χ1) is 9.02. The van der Waals surface area contributed by atoms with E-state index in [2.05, 4.69) is 18.5 Å². The minimum Gasteiger partial charge on any atom is -0.489 e. The molecule has 0 saturated carbocycles. The lowest BCUT2D eigenvalue weighted by atomic mass is 10.3. The van der Waals surface area contributed by atoms with E-state index in [0.717, 1.165) is 5.75 Å². The molecule has 0 bridgehead atoms. The van der Waals surface area contributed by atoms with Crippen LogP contribution in [0.25, 0.3) is 0 Å². The Morgan fingerprint density at radius 2 is 2.16 bits per heavy atom. The predicted octanol–water partition coefficient (Wildman–Crippen LogP) is 3.07. The summed E-state index contributed by atoms with van der Waals surface area (Å²) in [6.45, 7) is 2.77. The Morgan fingerprint density at radius 3 is 2.79 bits per heavy atom. The second-order valence-electron chi connectivity index (χ2n) is 4.30. The van der Waals surface area contributed by atoms with Gasteiger partial charge < -0.3 is 15.2 Å². The normalized spacial score (nSPS) is 14.2. The smallest absolute Gasteiger partial charge is 0.138 e. The van der Waals surface area contributed by atoms with E-state index in [1.54, 1.807) is 30.0 Å². The van der Waals surface area contributed by atoms with Gasteiger partial charge in [0.25, 0.3) is 0 Å². The van der Waals surface area contributed by atoms with Crippen molar-refractivity contribution in [2.45, 2.75) is 19.1 Å². The van der Waals surface area contributed by atoms with Crippen LogP contribution < -0.4 is 10.1 Å². The largest absolute Gasteiger partial charge is 0.489 e. The zero-order valence-electron chi connectivity index (χ0n) is 11.0. The van der Waals surface area contributed by atoms with Crippen molar-refractivity contribution in [3.8, 4) is 5.75 Å². The molecule has 1 rings (SSSR count). The first kappa shape index (κ1) is 16.9. The van der Waals surface area contributed by atoms with Crippen molar-refractivity contribution in [3.05, 3.63) is 28.2 Å². The molecule has 19 heavy (non-hydrogen) atoms. The Morgan fingerprint density at radius 1 is 1.42 bits per heavy atom. The van der Waals surface area contributed by atoms with Crippen molar-refractivity contribution < 1.29 is 9.84 Å². The van der Waals surface area contributed by atoms with Crippen LogP contribution in [0.2, 0.25) is 10.0 Å². The number of aliphatic hydroxyl groups is 1. The maximum Gasteiger partial charge on any atom is 0.138 e. The first-order valence-corrected chi connectivity index (χ1v) is 8.16. The van der Waals surface area contributed by atoms with Gasteiger partial charge in [0.15, 0.2) is 0 Å². The quantitative estimate of drug-likeness (QED) is 0.771. The van der Waals surface area contributed by atoms with E-state index in [0.29, 0.717) is 28.4 Å². The third kappa shape index (κ3) is 6.72. The molecule has 0 aliphatic rings. The van der Waals surface area contributed by atoms with E-state index < -0.39 is 6.10 Å². The number of hydrogen-bond acceptors (Lipinski definition) is 4. The standard InChI is InChI=1S/C13H19Cl2NO2S/c1-9(8-19-2)16-6-11(17)7-18-13-4-3-10(14)5-12(13)15/h3-5,9,11,16-17H,6-8H2,1-2H3. The number of hydrogen-bond donors (Lipinski definition) is 2. The molecule has 1 aromatic rings. The third-order valence-corrected chi connectivity index (χ3v) is 3.81. The second kappa shape index (κ2) is 8.93. The molecule has 2 atom stereocenters. The van der Waals surface area contributed by atoms with E-state index in [1.807, 2.05) is 0 Å². The first-order valence-electron chi connectivity index (χ1n) is 6.01. The fourth-order valence-electron chi connectivity index (χ4n) is 1.48. The number of rotatable bonds is 8. The average Bonchev–Trinajstić information content (AvgIpc) is 2.35. The van der Waals surface area contributed by atoms with Gasteiger partial charge in [-0.25, -0.2) is 0 Å². The number of benzene rings is 1. The van der Waals surface area contributed by atoms with E-state index >= 15 is 0 Å². The van der Waals surface area contributed by atoms with Crippen LogP contribution in [-0.4, -0.2) is 42.4 Å². The van der Waals surface area contributed by atoms with Crippen LogP contribution in [-0.2, 0) is 0 Å². The summed E-state index contributed by atoms with van der Waals surface area (Å²) in [7, 11) is 0. The highest BCUT2D eigenvalue weighted by molar-refractivity contribution is 7.98. The number of ether oxygens (including phenoxy) is 1. The second-order valence-corrected chi connectivity index (χ2v) is 6.06. The molecular formula is C13H19Cl2NO2S. The van der Waals surface area contributed by atoms with Gasteiger partial charge in [0.2, 0.25) is 0 Å². The van der Waals surface area contributed by atoms with E-state index in [4.69, 9.17) is 27.9 Å². The maximum absolute atomic E-state index is 9.81. The number of aliphatic hydroxyl groups excluding tert-OH is 1. The molecule has 0 aliphatic carbocycles. The van der Waals surface area contributed by atoms with Crippen molar-refractivity contribution in [2.75, 3.05) is 25.2 Å². The van der Waals surface area contributed by atoms with Crippen LogP contribution in [0, 0.1) is 0 Å². The molecule has 0 saturated heterocycles. The fraction of sp³-hybridized carbons (Fsp3) is 0.538. The number of halogens is 2. The van der Waals surface area contributed by atoms with Gasteiger partial charge in [-0.1, -0.05) is 23.2 Å². The summed E-state index contributed by atoms with van der Waals surface area (Å²) >= 11 is 13.5. The molecule has 6 heteroatoms. The van der Waals surface area contributed by atoms with E-state index in [9.17, 15) is 5.11 Å². The van der Waals surface area contributed by atoms with Crippen molar-refractivity contribution in [2.24, 2.45) is 0 Å². The SMILES string of the molecule is CSCC(C)NCC(O)COc1ccc(Cl)cc1Cl. The van der Waals surface area contributed by atoms with Crippen LogP contribution in [0.5, 0.6) is 5.75 Å². The molecule has 0 heterocycles. The number of thioether (sulfide) groups is 1. The molecule has 2 unspecified atom stereocenters. The lowest BCUT2D eigenvalue weighted by molar-refractivity contribution is 0.105. The van der Waals surface area contributed by atoms with Crippen molar-refractivity contribution >= 4 is 35.0 Å². The molecule has 0 amide bonds. The molecular weight excluding hydrogens is 305 g/mol. The fourth-order valence-corrected chi connectivity index (χ4v) is 2.56. The van der Waals surface area contributed by atoms with Crippen LogP contribution in [0.4, 0.5) is 0 Å². The van der Waals surface area contributed by atoms with Crippen LogP contribution in [0.1, 0.15) is 6.92 Å². The van der Waals surface area contributed by atoms with Gasteiger partial charge in [-0.3, -0.25) is 0 Å². The molecule has 0 radical (unpaired) electrons. The van der Waals surface area contributed by atoms with Crippen LogP contribution >= 0.6 is 35.0 Å². The molecule has 1 aromatic carbocycles. The summed E-state index contributed by atoms with van der Waals surface area (Å²) < 4.78 is 5.46. The molecule has 2 N–H and O–H groups in total. The summed E-state index contributed by atoms with van der Waals surface area (Å²) in [6, 6.07) is 5.38. The molecule has 0 fully saturated rings. The van der Waals surface area contributed by atoms with E-state index in [1.165, 1.54) is 0 Å². The van der Waals surface area contributed by atoms with Gasteiger partial charge in [-0.05, 0) is 31.4 Å². The number of nitrogens with one attached hydrogen (secondary N) is 1. The lowest BCUT2D eigenvalue weighted by Gasteiger charge is -2.17. The van der Waals surface area contributed by atoms with Gasteiger partial charge in [-0.15, -0.1) is 0 Å². The highest BCUT2D eigenvalue weighted by Gasteiger charge is 2.09. The Hall–Kier alpha value is -0.130. The Labute approximate surface area is 128 Å². The zero-order chi connectivity index (χ0) is 14.3. The summed E-state index contributed by atoms with van der Waals surface area (Å²) in [5, 5.41) is 14.1. The summed E-state index contributed by atoms with van der Waals surface area (Å²) in [5.74, 6) is 1.54. The van der Waals surface area contributed by atoms with E-state index in [-0.39, 0.29) is 6.61 Å². The molecule has 0 aliphatic heterocycles. The Kier molecular flexibility index (Phi) is 7.95. The average molecular weight is 324 g/mol. The molecule has 0 aromatic heterocycles. The Bertz CT molecular complexity index is 393. The molecule has 3 nitrogen and oxygen atoms in total. The predicted molar refractivity (Wildman–Crippen MR) is 83.8 cm³/mol. The summed E-state index contributed by atoms with van der Waals surface area (Å²) in [5.41, 5.74) is 0. The van der Waals surface area contributed by atoms with Gasteiger partial charge >= 0.3 is 0 Å². The lowest BCUT2D eigenvalue weighted by Crippen LogP contribution is -2.37. The summed E-state index contributed by atoms with van der Waals surface area (Å²) in [6.07, 6.45) is 1.48. The van der Waals surface area contributed by atoms with Crippen molar-refractivity contribution in [1.29, 1.82) is 0 Å². The monoisotopic (exact) mass is 323 g/mol. The van der Waals surface area contributed by atoms with Crippen molar-refractivity contribution in [1.82, 2.24) is 5.32 Å². The highest BCUT2D eigenvalue weighted by atomic mass is 35.5. The maximum atomic E-state index is 9.81. The molecule has 0 spiro atoms.